The second-order valence-electron chi connectivity index (χ2n) is 5.56. The molecule has 2 amide bonds. The zero-order valence-corrected chi connectivity index (χ0v) is 21.6. The van der Waals surface area contributed by atoms with Crippen molar-refractivity contribution in [2.24, 2.45) is 0 Å². The van der Waals surface area contributed by atoms with E-state index in [4.69, 9.17) is 16.7 Å². The molecule has 0 saturated carbocycles. The molecule has 1 rings (SSSR count). The quantitative estimate of drug-likeness (QED) is 0.144. The zero-order chi connectivity index (χ0) is 21.8. The number of anilines is 1. The van der Waals surface area contributed by atoms with E-state index in [2.05, 4.69) is 15.4 Å². The number of nitrogens with one attached hydrogen (secondary N) is 2. The molecule has 154 valence electrons. The van der Waals surface area contributed by atoms with E-state index in [1.807, 2.05) is 0 Å². The van der Waals surface area contributed by atoms with Gasteiger partial charge in [-0.15, -0.1) is 0 Å². The van der Waals surface area contributed by atoms with Crippen LogP contribution in [0.3, 0.4) is 0 Å². The van der Waals surface area contributed by atoms with Gasteiger partial charge < -0.3 is 25.6 Å². The van der Waals surface area contributed by atoms with Crippen LogP contribution in [0.25, 0.3) is 0 Å². The first kappa shape index (κ1) is 25.7. The molecule has 0 aliphatic carbocycles. The summed E-state index contributed by atoms with van der Waals surface area (Å²) in [6.45, 7) is 1.03. The summed E-state index contributed by atoms with van der Waals surface area (Å²) in [7, 11) is 0. The molecule has 0 aliphatic heterocycles. The third-order valence-corrected chi connectivity index (χ3v) is 6.53. The minimum Gasteiger partial charge on any atom is -0.456 e. The van der Waals surface area contributed by atoms with Gasteiger partial charge in [-0.1, -0.05) is 0 Å². The lowest BCUT2D eigenvalue weighted by molar-refractivity contribution is -0.144. The van der Waals surface area contributed by atoms with Gasteiger partial charge in [0.15, 0.2) is 12.3 Å². The van der Waals surface area contributed by atoms with Crippen molar-refractivity contribution in [1.82, 2.24) is 5.32 Å². The normalized spacial score (nSPS) is 12.7. The van der Waals surface area contributed by atoms with Gasteiger partial charge in [0.25, 0.3) is 17.1 Å². The van der Waals surface area contributed by atoms with Gasteiger partial charge in [0.05, 0.1) is 30.6 Å². The van der Waals surface area contributed by atoms with Crippen molar-refractivity contribution in [2.45, 2.75) is 19.6 Å². The summed E-state index contributed by atoms with van der Waals surface area (Å²) in [6.07, 6.45) is 0. The van der Waals surface area contributed by atoms with Crippen LogP contribution in [0.1, 0.15) is 34.6 Å². The molecule has 1 atom stereocenters. The molecule has 0 saturated heterocycles. The average molecular weight is 750 g/mol. The van der Waals surface area contributed by atoms with Crippen molar-refractivity contribution in [3.63, 3.8) is 0 Å². The Hall–Kier alpha value is -0.300. The number of halogens is 4. The highest BCUT2D eigenvalue weighted by atomic mass is 127. The number of ether oxygens (including phenoxy) is 1. The second-order valence-corrected chi connectivity index (χ2v) is 9.13. The average Bonchev–Trinajstić information content (AvgIpc) is 2.56. The Bertz CT molecular complexity index is 846. The van der Waals surface area contributed by atoms with Crippen molar-refractivity contribution in [1.29, 1.82) is 0 Å². The van der Waals surface area contributed by atoms with Gasteiger partial charge in [0.1, 0.15) is 0 Å². The van der Waals surface area contributed by atoms with Crippen LogP contribution >= 0.6 is 79.4 Å². The summed E-state index contributed by atoms with van der Waals surface area (Å²) in [5.41, 5.74) is -1.82. The number of esters is 1. The fourth-order valence-corrected chi connectivity index (χ4v) is 6.76. The Morgan fingerprint density at radius 1 is 1.11 bits per heavy atom. The van der Waals surface area contributed by atoms with E-state index in [1.54, 1.807) is 67.8 Å². The van der Waals surface area contributed by atoms with Crippen LogP contribution in [0.5, 0.6) is 0 Å². The first-order chi connectivity index (χ1) is 12.8. The lowest BCUT2D eigenvalue weighted by Gasteiger charge is -2.24. The number of rotatable bonds is 7. The maximum Gasteiger partial charge on any atom is 0.303 e. The molecule has 1 aromatic carbocycles. The summed E-state index contributed by atoms with van der Waals surface area (Å²) in [4.78, 5) is 47.5. The Morgan fingerprint density at radius 3 is 2.11 bits per heavy atom. The topological polar surface area (TPSA) is 142 Å². The largest absolute Gasteiger partial charge is 0.456 e. The molecule has 0 radical (unpaired) electrons. The number of carbonyl (C=O) groups is 4. The molecule has 0 aromatic heterocycles. The van der Waals surface area contributed by atoms with Crippen molar-refractivity contribution in [3.8, 4) is 0 Å². The van der Waals surface area contributed by atoms with E-state index in [1.165, 1.54) is 6.92 Å². The summed E-state index contributed by atoms with van der Waals surface area (Å²) in [5.74, 6) is -2.13. The number of benzene rings is 1. The number of amides is 2. The van der Waals surface area contributed by atoms with Crippen LogP contribution in [0.2, 0.25) is 0 Å². The standard InChI is InChI=1S/C15H14ClI3N2O7/c1-5(23)28-3-6(24)20-12-10(18)7(13(16)25)9(17)8(11(12)19)14(26)21-15(2,27)4-22/h22,27H,3-4H2,1-2H3,(H,20,24)(H,21,26). The van der Waals surface area contributed by atoms with Gasteiger partial charge in [0, 0.05) is 10.5 Å². The molecule has 0 heterocycles. The summed E-state index contributed by atoms with van der Waals surface area (Å²) >= 11 is 11.0. The Labute approximate surface area is 205 Å². The second kappa shape index (κ2) is 10.6. The lowest BCUT2D eigenvalue weighted by atomic mass is 10.1. The first-order valence-corrected chi connectivity index (χ1v) is 10.9. The zero-order valence-electron chi connectivity index (χ0n) is 14.4. The number of aliphatic hydroxyl groups is 2. The SMILES string of the molecule is CC(=O)OCC(=O)Nc1c(I)c(C(=O)Cl)c(I)c(C(=O)NC(C)(O)CO)c1I. The van der Waals surface area contributed by atoms with E-state index in [9.17, 15) is 24.3 Å². The van der Waals surface area contributed by atoms with Crippen LogP contribution in [0.15, 0.2) is 0 Å². The van der Waals surface area contributed by atoms with Crippen molar-refractivity contribution in [3.05, 3.63) is 21.8 Å². The Kier molecular flexibility index (Phi) is 9.79. The Morgan fingerprint density at radius 2 is 1.64 bits per heavy atom. The molecule has 13 heteroatoms. The highest BCUT2D eigenvalue weighted by molar-refractivity contribution is 14.1. The first-order valence-electron chi connectivity index (χ1n) is 7.31. The summed E-state index contributed by atoms with van der Waals surface area (Å²) in [6, 6.07) is 0. The predicted octanol–water partition coefficient (Wildman–Crippen LogP) is 1.81. The fraction of sp³-hybridized carbons (Fsp3) is 0.333. The molecular weight excluding hydrogens is 736 g/mol. The summed E-state index contributed by atoms with van der Waals surface area (Å²) in [5, 5.41) is 22.9. The number of carbonyl (C=O) groups excluding carboxylic acids is 4. The van der Waals surface area contributed by atoms with E-state index in [0.29, 0.717) is 0 Å². The molecule has 1 unspecified atom stereocenters. The number of hydrogen-bond acceptors (Lipinski definition) is 7. The molecular formula is C15H14ClI3N2O7. The molecule has 28 heavy (non-hydrogen) atoms. The maximum atomic E-state index is 12.7. The van der Waals surface area contributed by atoms with E-state index in [-0.39, 0.29) is 27.5 Å². The smallest absolute Gasteiger partial charge is 0.303 e. The fourth-order valence-electron chi connectivity index (χ4n) is 1.84. The highest BCUT2D eigenvalue weighted by Crippen LogP contribution is 2.36. The predicted molar refractivity (Wildman–Crippen MR) is 125 cm³/mol. The van der Waals surface area contributed by atoms with Gasteiger partial charge in [-0.3, -0.25) is 19.2 Å². The van der Waals surface area contributed by atoms with E-state index in [0.717, 1.165) is 6.92 Å². The third-order valence-electron chi connectivity index (χ3n) is 3.10. The van der Waals surface area contributed by atoms with Gasteiger partial charge in [-0.05, 0) is 86.3 Å². The minimum atomic E-state index is -1.91. The molecule has 0 bridgehead atoms. The molecule has 4 N–H and O–H groups in total. The minimum absolute atomic E-state index is 0.0140. The van der Waals surface area contributed by atoms with Crippen LogP contribution < -0.4 is 10.6 Å². The lowest BCUT2D eigenvalue weighted by Crippen LogP contribution is -2.49. The molecule has 0 fully saturated rings. The van der Waals surface area contributed by atoms with Crippen LogP contribution in [-0.2, 0) is 14.3 Å². The highest BCUT2D eigenvalue weighted by Gasteiger charge is 2.31. The van der Waals surface area contributed by atoms with Crippen LogP contribution in [0, 0.1) is 10.7 Å². The van der Waals surface area contributed by atoms with Gasteiger partial charge >= 0.3 is 5.97 Å². The van der Waals surface area contributed by atoms with Crippen molar-refractivity contribution in [2.75, 3.05) is 18.5 Å². The van der Waals surface area contributed by atoms with E-state index < -0.39 is 42.0 Å². The van der Waals surface area contributed by atoms with Crippen molar-refractivity contribution < 1.29 is 34.1 Å². The van der Waals surface area contributed by atoms with Crippen LogP contribution in [0.4, 0.5) is 5.69 Å². The molecule has 0 spiro atoms. The number of hydrogen-bond donors (Lipinski definition) is 4. The van der Waals surface area contributed by atoms with Gasteiger partial charge in [0.2, 0.25) is 0 Å². The monoisotopic (exact) mass is 750 g/mol. The van der Waals surface area contributed by atoms with Gasteiger partial charge in [-0.2, -0.15) is 0 Å². The summed E-state index contributed by atoms with van der Waals surface area (Å²) < 4.78 is 5.37. The Balaban J connectivity index is 3.50. The van der Waals surface area contributed by atoms with Gasteiger partial charge in [-0.25, -0.2) is 0 Å². The molecule has 0 aliphatic rings. The molecule has 1 aromatic rings. The third kappa shape index (κ3) is 6.61. The van der Waals surface area contributed by atoms with E-state index >= 15 is 0 Å². The maximum absolute atomic E-state index is 12.7. The van der Waals surface area contributed by atoms with Crippen molar-refractivity contribution >= 4 is 108 Å². The number of aliphatic hydroxyl groups excluding tert-OH is 1. The molecule has 9 nitrogen and oxygen atoms in total. The van der Waals surface area contributed by atoms with Crippen LogP contribution in [-0.4, -0.2) is 52.2 Å².